The summed E-state index contributed by atoms with van der Waals surface area (Å²) in [5.41, 5.74) is 0.299. The highest BCUT2D eigenvalue weighted by Crippen LogP contribution is 2.31. The van der Waals surface area contributed by atoms with Gasteiger partial charge in [-0.25, -0.2) is 15.0 Å². The molecule has 1 atom stereocenters. The summed E-state index contributed by atoms with van der Waals surface area (Å²) in [4.78, 5) is 46.2. The molecule has 0 spiro atoms. The predicted octanol–water partition coefficient (Wildman–Crippen LogP) is 1.93. The lowest BCUT2D eigenvalue weighted by Crippen LogP contribution is -2.37. The van der Waals surface area contributed by atoms with Gasteiger partial charge in [0.2, 0.25) is 0 Å². The molecule has 0 aliphatic carbocycles. The highest BCUT2D eigenvalue weighted by atomic mass is 32.1. The van der Waals surface area contributed by atoms with Crippen LogP contribution < -0.4 is 10.2 Å². The minimum Gasteiger partial charge on any atom is -0.356 e. The molecule has 1 amide bonds. The van der Waals surface area contributed by atoms with E-state index in [9.17, 15) is 4.79 Å². The average molecular weight is 411 g/mol. The minimum absolute atomic E-state index is 0.172. The molecule has 146 valence electrons. The number of hydrogen-bond acceptors (Lipinski definition) is 9. The Morgan fingerprint density at radius 1 is 1.37 bits per heavy atom. The molecule has 3 rings (SSSR count). The fourth-order valence-electron chi connectivity index (χ4n) is 2.87. The van der Waals surface area contributed by atoms with Gasteiger partial charge in [0.1, 0.15) is 22.8 Å². The molecule has 1 aliphatic rings. The molecule has 2 aromatic rings. The van der Waals surface area contributed by atoms with Crippen LogP contribution in [0.3, 0.4) is 0 Å². The Hall–Kier alpha value is -1.71. The minimum atomic E-state index is -2.33. The molecule has 1 unspecified atom stereocenters. The van der Waals surface area contributed by atoms with Gasteiger partial charge in [0, 0.05) is 30.2 Å². The molecule has 11 heteroatoms. The summed E-state index contributed by atoms with van der Waals surface area (Å²) in [5.74, 6) is 0.394. The third-order valence-corrected chi connectivity index (χ3v) is 5.83. The first kappa shape index (κ1) is 20.0. The molecule has 3 heterocycles. The standard InChI is InChI=1S/C16H22N5O4PS/c1-10-8-17-16(27-10)11(2)20-15(22)13-7-14(19-9-18-13)21-5-3-12(4-6-21)25-26(23)24/h7-9,11-12,23-24H,3-6H2,1-2H3,(H,20,22). The van der Waals surface area contributed by atoms with Gasteiger partial charge in [-0.15, -0.1) is 11.3 Å². The average Bonchev–Trinajstić information content (AvgIpc) is 3.08. The van der Waals surface area contributed by atoms with Crippen LogP contribution in [-0.2, 0) is 4.52 Å². The van der Waals surface area contributed by atoms with Crippen LogP contribution in [0.1, 0.15) is 46.2 Å². The highest BCUT2D eigenvalue weighted by molar-refractivity contribution is 7.39. The number of amides is 1. The monoisotopic (exact) mass is 411 g/mol. The third-order valence-electron chi connectivity index (χ3n) is 4.25. The number of piperidine rings is 1. The van der Waals surface area contributed by atoms with Gasteiger partial charge in [-0.05, 0) is 26.7 Å². The van der Waals surface area contributed by atoms with Crippen molar-refractivity contribution < 1.29 is 19.1 Å². The van der Waals surface area contributed by atoms with Crippen LogP contribution >= 0.6 is 19.9 Å². The van der Waals surface area contributed by atoms with E-state index in [1.54, 1.807) is 23.6 Å². The van der Waals surface area contributed by atoms with E-state index in [0.29, 0.717) is 37.4 Å². The first-order valence-corrected chi connectivity index (χ1v) is 10.6. The Bertz CT molecular complexity index is 782. The number of anilines is 1. The summed E-state index contributed by atoms with van der Waals surface area (Å²) in [5, 5.41) is 3.76. The van der Waals surface area contributed by atoms with E-state index in [1.807, 2.05) is 18.7 Å². The van der Waals surface area contributed by atoms with Gasteiger partial charge in [-0.2, -0.15) is 0 Å². The van der Waals surface area contributed by atoms with Crippen molar-refractivity contribution in [3.05, 3.63) is 34.2 Å². The third kappa shape index (κ3) is 5.40. The van der Waals surface area contributed by atoms with E-state index in [1.165, 1.54) is 6.33 Å². The summed E-state index contributed by atoms with van der Waals surface area (Å²) in [6.45, 7) is 5.17. The molecular weight excluding hydrogens is 389 g/mol. The van der Waals surface area contributed by atoms with E-state index >= 15 is 0 Å². The maximum Gasteiger partial charge on any atom is 0.327 e. The Balaban J connectivity index is 1.61. The van der Waals surface area contributed by atoms with Gasteiger partial charge in [0.05, 0.1) is 12.1 Å². The van der Waals surface area contributed by atoms with Crippen LogP contribution in [-0.4, -0.2) is 49.8 Å². The number of nitrogens with zero attached hydrogens (tertiary/aromatic N) is 4. The number of hydrogen-bond donors (Lipinski definition) is 3. The smallest absolute Gasteiger partial charge is 0.327 e. The fourth-order valence-corrected chi connectivity index (χ4v) is 4.13. The predicted molar refractivity (Wildman–Crippen MR) is 102 cm³/mol. The van der Waals surface area contributed by atoms with Crippen LogP contribution in [0.4, 0.5) is 5.82 Å². The lowest BCUT2D eigenvalue weighted by molar-refractivity contribution is 0.0934. The lowest BCUT2D eigenvalue weighted by atomic mass is 10.1. The first-order chi connectivity index (χ1) is 12.9. The second kappa shape index (κ2) is 8.99. The summed E-state index contributed by atoms with van der Waals surface area (Å²) >= 11 is 1.55. The second-order valence-corrected chi connectivity index (χ2v) is 8.29. The number of aromatic nitrogens is 3. The van der Waals surface area contributed by atoms with Crippen LogP contribution in [0.5, 0.6) is 0 Å². The van der Waals surface area contributed by atoms with Crippen molar-refractivity contribution in [2.75, 3.05) is 18.0 Å². The van der Waals surface area contributed by atoms with E-state index in [2.05, 4.69) is 20.3 Å². The number of nitrogens with one attached hydrogen (secondary N) is 1. The maximum atomic E-state index is 12.5. The molecule has 1 aliphatic heterocycles. The number of aryl methyl sites for hydroxylation is 1. The number of carbonyl (C=O) groups excluding carboxylic acids is 1. The van der Waals surface area contributed by atoms with Crippen molar-refractivity contribution >= 4 is 31.7 Å². The van der Waals surface area contributed by atoms with Crippen LogP contribution in [0.25, 0.3) is 0 Å². The molecule has 0 bridgehead atoms. The Kier molecular flexibility index (Phi) is 6.67. The molecule has 0 radical (unpaired) electrons. The van der Waals surface area contributed by atoms with E-state index < -0.39 is 8.60 Å². The van der Waals surface area contributed by atoms with Gasteiger partial charge in [-0.3, -0.25) is 4.79 Å². The highest BCUT2D eigenvalue weighted by Gasteiger charge is 2.24. The number of rotatable bonds is 6. The Morgan fingerprint density at radius 2 is 2.11 bits per heavy atom. The number of carbonyl (C=O) groups is 1. The van der Waals surface area contributed by atoms with E-state index in [4.69, 9.17) is 14.3 Å². The van der Waals surface area contributed by atoms with Crippen molar-refractivity contribution in [2.45, 2.75) is 38.8 Å². The summed E-state index contributed by atoms with van der Waals surface area (Å²) in [7, 11) is -2.33. The van der Waals surface area contributed by atoms with Crippen LogP contribution in [0.2, 0.25) is 0 Å². The van der Waals surface area contributed by atoms with Crippen molar-refractivity contribution in [3.8, 4) is 0 Å². The largest absolute Gasteiger partial charge is 0.356 e. The maximum absolute atomic E-state index is 12.5. The fraction of sp³-hybridized carbons (Fsp3) is 0.500. The molecule has 1 saturated heterocycles. The Labute approximate surface area is 162 Å². The molecule has 0 saturated carbocycles. The molecule has 1 fully saturated rings. The molecule has 9 nitrogen and oxygen atoms in total. The van der Waals surface area contributed by atoms with Crippen molar-refractivity contribution in [3.63, 3.8) is 0 Å². The molecule has 0 aromatic carbocycles. The number of thiazole rings is 1. The summed E-state index contributed by atoms with van der Waals surface area (Å²) in [6, 6.07) is 1.47. The molecular formula is C16H22N5O4PS. The zero-order chi connectivity index (χ0) is 19.4. The SMILES string of the molecule is Cc1cnc(C(C)NC(=O)c2cc(N3CCC(OP(O)O)CC3)ncn2)s1. The summed E-state index contributed by atoms with van der Waals surface area (Å²) in [6.07, 6.45) is 4.31. The summed E-state index contributed by atoms with van der Waals surface area (Å²) < 4.78 is 5.07. The van der Waals surface area contributed by atoms with Gasteiger partial charge in [-0.1, -0.05) is 0 Å². The van der Waals surface area contributed by atoms with Gasteiger partial charge >= 0.3 is 8.60 Å². The molecule has 27 heavy (non-hydrogen) atoms. The van der Waals surface area contributed by atoms with E-state index in [0.717, 1.165) is 9.88 Å². The Morgan fingerprint density at radius 3 is 2.74 bits per heavy atom. The topological polar surface area (TPSA) is 121 Å². The first-order valence-electron chi connectivity index (χ1n) is 8.57. The van der Waals surface area contributed by atoms with Crippen molar-refractivity contribution in [2.24, 2.45) is 0 Å². The second-order valence-electron chi connectivity index (χ2n) is 6.31. The van der Waals surface area contributed by atoms with E-state index in [-0.39, 0.29) is 18.1 Å². The van der Waals surface area contributed by atoms with Gasteiger partial charge in [0.15, 0.2) is 0 Å². The molecule has 3 N–H and O–H groups in total. The zero-order valence-electron chi connectivity index (χ0n) is 15.1. The van der Waals surface area contributed by atoms with Gasteiger partial charge in [0.25, 0.3) is 5.91 Å². The van der Waals surface area contributed by atoms with Crippen molar-refractivity contribution in [1.29, 1.82) is 0 Å². The lowest BCUT2D eigenvalue weighted by Gasteiger charge is -2.32. The molecule has 2 aromatic heterocycles. The zero-order valence-corrected chi connectivity index (χ0v) is 16.8. The van der Waals surface area contributed by atoms with Crippen molar-refractivity contribution in [1.82, 2.24) is 20.3 Å². The van der Waals surface area contributed by atoms with Crippen LogP contribution in [0.15, 0.2) is 18.6 Å². The van der Waals surface area contributed by atoms with Gasteiger partial charge < -0.3 is 24.5 Å². The van der Waals surface area contributed by atoms with Crippen LogP contribution in [0, 0.1) is 6.92 Å². The normalized spacial score (nSPS) is 16.6. The quantitative estimate of drug-likeness (QED) is 0.617.